The summed E-state index contributed by atoms with van der Waals surface area (Å²) in [6.45, 7) is 1.79. The Kier molecular flexibility index (Phi) is 4.74. The van der Waals surface area contributed by atoms with E-state index in [1.807, 2.05) is 24.3 Å². The minimum Gasteiger partial charge on any atom is -0.481 e. The molecule has 0 saturated carbocycles. The molecule has 0 saturated heterocycles. The van der Waals surface area contributed by atoms with Crippen molar-refractivity contribution < 1.29 is 15.0 Å². The molecule has 1 heterocycles. The lowest BCUT2D eigenvalue weighted by molar-refractivity contribution is -0.143. The van der Waals surface area contributed by atoms with Crippen molar-refractivity contribution in [3.63, 3.8) is 0 Å². The third-order valence-corrected chi connectivity index (χ3v) is 4.42. The molecule has 0 spiro atoms. The van der Waals surface area contributed by atoms with Crippen LogP contribution in [0.2, 0.25) is 0 Å². The molecule has 0 aliphatic carbocycles. The Morgan fingerprint density at radius 2 is 1.52 bits per heavy atom. The van der Waals surface area contributed by atoms with Crippen molar-refractivity contribution in [3.8, 4) is 11.1 Å². The van der Waals surface area contributed by atoms with E-state index in [1.54, 1.807) is 0 Å². The number of benzene rings is 2. The Morgan fingerprint density at radius 3 is 2.00 bits per heavy atom. The number of carbonyl (C=O) groups is 1. The van der Waals surface area contributed by atoms with E-state index in [4.69, 9.17) is 5.11 Å². The first kappa shape index (κ1) is 15.7. The fraction of sp³-hybridized carbons (Fsp3) is 0.316. The normalized spacial score (nSPS) is 15.3. The second-order valence-corrected chi connectivity index (χ2v) is 6.03. The summed E-state index contributed by atoms with van der Waals surface area (Å²) in [5.41, 5.74) is 4.87. The van der Waals surface area contributed by atoms with Gasteiger partial charge in [0.2, 0.25) is 0 Å². The van der Waals surface area contributed by atoms with Crippen molar-refractivity contribution in [2.75, 3.05) is 13.2 Å². The van der Waals surface area contributed by atoms with Crippen LogP contribution in [0.25, 0.3) is 11.1 Å². The van der Waals surface area contributed by atoms with E-state index in [9.17, 15) is 9.90 Å². The predicted octanol–water partition coefficient (Wildman–Crippen LogP) is 2.75. The summed E-state index contributed by atoms with van der Waals surface area (Å²) in [6.07, 6.45) is 0.287. The monoisotopic (exact) mass is 311 g/mol. The van der Waals surface area contributed by atoms with E-state index < -0.39 is 11.9 Å². The molecule has 2 aromatic carbocycles. The molecule has 0 aromatic heterocycles. The van der Waals surface area contributed by atoms with Crippen molar-refractivity contribution in [2.24, 2.45) is 5.92 Å². The summed E-state index contributed by atoms with van der Waals surface area (Å²) >= 11 is 0. The van der Waals surface area contributed by atoms with Crippen LogP contribution in [0, 0.1) is 5.92 Å². The lowest BCUT2D eigenvalue weighted by Crippen LogP contribution is -2.32. The van der Waals surface area contributed by atoms with Crippen LogP contribution in [0.4, 0.5) is 0 Å². The molecule has 2 N–H and O–H groups in total. The number of rotatable bonds is 5. The number of fused-ring (bicyclic) bond motifs is 3. The van der Waals surface area contributed by atoms with Gasteiger partial charge in [0.05, 0.1) is 5.92 Å². The number of aliphatic hydroxyl groups is 1. The van der Waals surface area contributed by atoms with Gasteiger partial charge in [0.1, 0.15) is 0 Å². The lowest BCUT2D eigenvalue weighted by atomic mass is 9.97. The molecular weight excluding hydrogens is 290 g/mol. The Balaban J connectivity index is 1.93. The van der Waals surface area contributed by atoms with Gasteiger partial charge in [-0.25, -0.2) is 0 Å². The number of nitrogens with zero attached hydrogens (tertiary/aromatic N) is 1. The van der Waals surface area contributed by atoms with Gasteiger partial charge in [0.15, 0.2) is 0 Å². The Bertz CT molecular complexity index is 651. The molecule has 1 aliphatic rings. The summed E-state index contributed by atoms with van der Waals surface area (Å²) in [5.74, 6) is -1.39. The minimum atomic E-state index is -0.843. The molecular formula is C19H21NO3. The number of carboxylic acids is 1. The molecule has 1 unspecified atom stereocenters. The molecule has 4 nitrogen and oxygen atoms in total. The molecule has 1 aliphatic heterocycles. The zero-order chi connectivity index (χ0) is 16.2. The van der Waals surface area contributed by atoms with Gasteiger partial charge in [0.25, 0.3) is 0 Å². The zero-order valence-electron chi connectivity index (χ0n) is 13.0. The number of aliphatic carboxylic acids is 1. The van der Waals surface area contributed by atoms with E-state index in [0.717, 1.165) is 13.1 Å². The SMILES string of the molecule is O=C(O)C(CCO)CN1Cc2ccccc2-c2ccccc2C1. The van der Waals surface area contributed by atoms with Crippen LogP contribution < -0.4 is 0 Å². The second-order valence-electron chi connectivity index (χ2n) is 6.03. The van der Waals surface area contributed by atoms with Crippen LogP contribution >= 0.6 is 0 Å². The highest BCUT2D eigenvalue weighted by Gasteiger charge is 2.24. The van der Waals surface area contributed by atoms with Gasteiger partial charge >= 0.3 is 5.97 Å². The van der Waals surface area contributed by atoms with Crippen LogP contribution in [0.3, 0.4) is 0 Å². The smallest absolute Gasteiger partial charge is 0.307 e. The topological polar surface area (TPSA) is 60.8 Å². The molecule has 0 fully saturated rings. The Morgan fingerprint density at radius 1 is 1.00 bits per heavy atom. The fourth-order valence-electron chi connectivity index (χ4n) is 3.27. The fourth-order valence-corrected chi connectivity index (χ4v) is 3.27. The molecule has 0 radical (unpaired) electrons. The number of aliphatic hydroxyl groups excluding tert-OH is 1. The van der Waals surface area contributed by atoms with Crippen LogP contribution in [-0.2, 0) is 17.9 Å². The first-order valence-corrected chi connectivity index (χ1v) is 7.91. The average Bonchev–Trinajstić information content (AvgIpc) is 2.70. The summed E-state index contributed by atoms with van der Waals surface area (Å²) < 4.78 is 0. The third-order valence-electron chi connectivity index (χ3n) is 4.42. The van der Waals surface area contributed by atoms with E-state index >= 15 is 0 Å². The van der Waals surface area contributed by atoms with Crippen LogP contribution in [0.15, 0.2) is 48.5 Å². The van der Waals surface area contributed by atoms with Crippen molar-refractivity contribution in [1.29, 1.82) is 0 Å². The average molecular weight is 311 g/mol. The largest absolute Gasteiger partial charge is 0.481 e. The van der Waals surface area contributed by atoms with Crippen molar-refractivity contribution in [3.05, 3.63) is 59.7 Å². The third kappa shape index (κ3) is 3.44. The first-order chi connectivity index (χ1) is 11.2. The summed E-state index contributed by atoms with van der Waals surface area (Å²) in [4.78, 5) is 13.6. The molecule has 4 heteroatoms. The van der Waals surface area contributed by atoms with E-state index in [-0.39, 0.29) is 13.0 Å². The highest BCUT2D eigenvalue weighted by molar-refractivity contribution is 5.72. The van der Waals surface area contributed by atoms with Gasteiger partial charge in [-0.3, -0.25) is 9.69 Å². The minimum absolute atomic E-state index is 0.0992. The molecule has 0 bridgehead atoms. The van der Waals surface area contributed by atoms with Gasteiger partial charge in [-0.1, -0.05) is 48.5 Å². The number of carboxylic acid groups (broad SMARTS) is 1. The van der Waals surface area contributed by atoms with Gasteiger partial charge in [-0.05, 0) is 28.7 Å². The van der Waals surface area contributed by atoms with Crippen molar-refractivity contribution in [1.82, 2.24) is 4.90 Å². The van der Waals surface area contributed by atoms with Gasteiger partial charge in [-0.15, -0.1) is 0 Å². The lowest BCUT2D eigenvalue weighted by Gasteiger charge is -2.24. The van der Waals surface area contributed by atoms with Gasteiger partial charge in [0, 0.05) is 26.2 Å². The van der Waals surface area contributed by atoms with Crippen molar-refractivity contribution >= 4 is 5.97 Å². The highest BCUT2D eigenvalue weighted by atomic mass is 16.4. The van der Waals surface area contributed by atoms with E-state index in [1.165, 1.54) is 22.3 Å². The maximum absolute atomic E-state index is 11.4. The van der Waals surface area contributed by atoms with Crippen LogP contribution in [0.5, 0.6) is 0 Å². The zero-order valence-corrected chi connectivity index (χ0v) is 13.0. The molecule has 23 heavy (non-hydrogen) atoms. The van der Waals surface area contributed by atoms with E-state index in [2.05, 4.69) is 29.2 Å². The standard InChI is InChI=1S/C19H21NO3/c21-10-9-16(19(22)23)13-20-11-14-5-1-3-7-17(14)18-8-4-2-6-15(18)12-20/h1-8,16,21H,9-13H2,(H,22,23). The maximum atomic E-state index is 11.4. The molecule has 1 atom stereocenters. The van der Waals surface area contributed by atoms with E-state index in [0.29, 0.717) is 6.54 Å². The maximum Gasteiger partial charge on any atom is 0.307 e. The summed E-state index contributed by atoms with van der Waals surface area (Å²) in [6, 6.07) is 16.6. The first-order valence-electron chi connectivity index (χ1n) is 7.91. The highest BCUT2D eigenvalue weighted by Crippen LogP contribution is 2.32. The molecule has 3 rings (SSSR count). The molecule has 120 valence electrons. The summed E-state index contributed by atoms with van der Waals surface area (Å²) in [7, 11) is 0. The quantitative estimate of drug-likeness (QED) is 0.891. The van der Waals surface area contributed by atoms with Gasteiger partial charge < -0.3 is 10.2 Å². The number of hydrogen-bond donors (Lipinski definition) is 2. The second kappa shape index (κ2) is 6.94. The predicted molar refractivity (Wildman–Crippen MR) is 88.8 cm³/mol. The molecule has 0 amide bonds. The van der Waals surface area contributed by atoms with Crippen LogP contribution in [0.1, 0.15) is 17.5 Å². The number of hydrogen-bond acceptors (Lipinski definition) is 3. The van der Waals surface area contributed by atoms with Crippen LogP contribution in [-0.4, -0.2) is 34.2 Å². The van der Waals surface area contributed by atoms with Gasteiger partial charge in [-0.2, -0.15) is 0 Å². The summed E-state index contributed by atoms with van der Waals surface area (Å²) in [5, 5.41) is 18.5. The van der Waals surface area contributed by atoms with Crippen molar-refractivity contribution in [2.45, 2.75) is 19.5 Å². The molecule has 2 aromatic rings. The Labute approximate surface area is 136 Å². The Hall–Kier alpha value is -2.17.